The van der Waals surface area contributed by atoms with Gasteiger partial charge in [0, 0.05) is 35.8 Å². The van der Waals surface area contributed by atoms with E-state index in [2.05, 4.69) is 20.3 Å². The van der Waals surface area contributed by atoms with Gasteiger partial charge in [-0.05, 0) is 48.4 Å². The molecule has 0 aliphatic carbocycles. The van der Waals surface area contributed by atoms with Crippen LogP contribution in [0.1, 0.15) is 12.0 Å². The van der Waals surface area contributed by atoms with Crippen LogP contribution in [0.25, 0.3) is 0 Å². The summed E-state index contributed by atoms with van der Waals surface area (Å²) in [7, 11) is -6.10. The molecule has 0 radical (unpaired) electrons. The quantitative estimate of drug-likeness (QED) is 0.234. The first-order valence-corrected chi connectivity index (χ1v) is 16.7. The number of sulfonamides is 2. The minimum absolute atomic E-state index is 0.0642. The third-order valence-corrected chi connectivity index (χ3v) is 9.33. The molecule has 9 nitrogen and oxygen atoms in total. The average Bonchev–Trinajstić information content (AvgIpc) is 3.39. The van der Waals surface area contributed by atoms with Crippen molar-refractivity contribution in [1.82, 2.24) is 4.31 Å². The van der Waals surface area contributed by atoms with Crippen LogP contribution in [0.3, 0.4) is 0 Å². The van der Waals surface area contributed by atoms with Gasteiger partial charge < -0.3 is 14.2 Å². The molecular formula is C26H25BrCl2N2O7S2. The van der Waals surface area contributed by atoms with Gasteiger partial charge in [-0.2, -0.15) is 8.70 Å². The first-order valence-electron chi connectivity index (χ1n) is 11.8. The summed E-state index contributed by atoms with van der Waals surface area (Å²) in [6, 6.07) is 14.8. The molecule has 214 valence electrons. The van der Waals surface area contributed by atoms with E-state index in [-0.39, 0.29) is 57.8 Å². The van der Waals surface area contributed by atoms with Gasteiger partial charge in [0.1, 0.15) is 28.8 Å². The number of hydrogen-bond acceptors (Lipinski definition) is 7. The van der Waals surface area contributed by atoms with Gasteiger partial charge in [0.2, 0.25) is 20.0 Å². The van der Waals surface area contributed by atoms with Gasteiger partial charge in [0.25, 0.3) is 0 Å². The molecule has 3 aromatic rings. The van der Waals surface area contributed by atoms with Crippen molar-refractivity contribution in [3.05, 3.63) is 74.7 Å². The highest BCUT2D eigenvalue weighted by Gasteiger charge is 2.34. The normalized spacial score (nSPS) is 16.4. The highest BCUT2D eigenvalue weighted by Crippen LogP contribution is 2.41. The van der Waals surface area contributed by atoms with Crippen molar-refractivity contribution >= 4 is 65.4 Å². The SMILES string of the molecule is COc1ccc(COc2ccc(Oc3c(Cl)cc(Br)cc3Cl)cc2S(=O)(=O)N2CCC(C=NS(C)(=O)=O)C2)cc1. The van der Waals surface area contributed by atoms with Crippen molar-refractivity contribution in [2.45, 2.75) is 17.9 Å². The first kappa shape index (κ1) is 30.6. The van der Waals surface area contributed by atoms with E-state index in [1.165, 1.54) is 22.7 Å². The van der Waals surface area contributed by atoms with E-state index in [0.29, 0.717) is 16.6 Å². The van der Waals surface area contributed by atoms with Crippen LogP contribution in [0.2, 0.25) is 10.0 Å². The second-order valence-electron chi connectivity index (χ2n) is 8.95. The van der Waals surface area contributed by atoms with Crippen LogP contribution in [-0.2, 0) is 26.7 Å². The Hall–Kier alpha value is -2.35. The lowest BCUT2D eigenvalue weighted by Crippen LogP contribution is -2.29. The fraction of sp³-hybridized carbons (Fsp3) is 0.269. The molecule has 3 aromatic carbocycles. The summed E-state index contributed by atoms with van der Waals surface area (Å²) in [6.07, 6.45) is 2.68. The second kappa shape index (κ2) is 12.7. The van der Waals surface area contributed by atoms with Gasteiger partial charge in [-0.25, -0.2) is 16.8 Å². The topological polar surface area (TPSA) is 112 Å². The Balaban J connectivity index is 1.66. The third-order valence-electron chi connectivity index (χ3n) is 5.92. The average molecular weight is 692 g/mol. The number of nitrogens with zero attached hydrogens (tertiary/aromatic N) is 2. The van der Waals surface area contributed by atoms with Crippen molar-refractivity contribution < 1.29 is 31.0 Å². The zero-order chi connectivity index (χ0) is 29.1. The van der Waals surface area contributed by atoms with Gasteiger partial charge >= 0.3 is 0 Å². The summed E-state index contributed by atoms with van der Waals surface area (Å²) in [4.78, 5) is -0.122. The fourth-order valence-corrected chi connectivity index (χ4v) is 7.27. The lowest BCUT2D eigenvalue weighted by Gasteiger charge is -2.20. The predicted molar refractivity (Wildman–Crippen MR) is 158 cm³/mol. The maximum atomic E-state index is 13.8. The van der Waals surface area contributed by atoms with Crippen LogP contribution < -0.4 is 14.2 Å². The molecule has 0 saturated carbocycles. The molecule has 0 N–H and O–H groups in total. The Bertz CT molecular complexity index is 1610. The van der Waals surface area contributed by atoms with Gasteiger partial charge in [-0.1, -0.05) is 51.3 Å². The highest BCUT2D eigenvalue weighted by molar-refractivity contribution is 9.10. The summed E-state index contributed by atoms with van der Waals surface area (Å²) < 4.78 is 73.0. The number of benzene rings is 3. The largest absolute Gasteiger partial charge is 0.497 e. The fourth-order valence-electron chi connectivity index (χ4n) is 3.93. The van der Waals surface area contributed by atoms with Crippen molar-refractivity contribution in [2.24, 2.45) is 10.3 Å². The van der Waals surface area contributed by atoms with Gasteiger partial charge in [0.15, 0.2) is 5.75 Å². The smallest absolute Gasteiger partial charge is 0.249 e. The van der Waals surface area contributed by atoms with Crippen LogP contribution in [0.5, 0.6) is 23.0 Å². The lowest BCUT2D eigenvalue weighted by molar-refractivity contribution is 0.296. The molecule has 1 fully saturated rings. The van der Waals surface area contributed by atoms with E-state index in [9.17, 15) is 16.8 Å². The molecule has 0 spiro atoms. The monoisotopic (exact) mass is 690 g/mol. The number of hydrogen-bond donors (Lipinski definition) is 0. The van der Waals surface area contributed by atoms with Crippen molar-refractivity contribution in [3.8, 4) is 23.0 Å². The minimum atomic E-state index is -4.09. The second-order valence-corrected chi connectivity index (χ2v) is 14.3. The first-order chi connectivity index (χ1) is 18.9. The van der Waals surface area contributed by atoms with Gasteiger partial charge in [-0.15, -0.1) is 0 Å². The van der Waals surface area contributed by atoms with Crippen molar-refractivity contribution in [3.63, 3.8) is 0 Å². The van der Waals surface area contributed by atoms with Crippen molar-refractivity contribution in [1.29, 1.82) is 0 Å². The molecule has 14 heteroatoms. The van der Waals surface area contributed by atoms with Crippen LogP contribution >= 0.6 is 39.1 Å². The number of ether oxygens (including phenoxy) is 3. The summed E-state index contributed by atoms with van der Waals surface area (Å²) in [5, 5.41) is 0.465. The molecule has 1 aliphatic rings. The molecular weight excluding hydrogens is 667 g/mol. The van der Waals surface area contributed by atoms with Crippen LogP contribution in [-0.4, -0.2) is 53.8 Å². The Labute approximate surface area is 251 Å². The summed E-state index contributed by atoms with van der Waals surface area (Å²) in [6.45, 7) is 0.339. The van der Waals surface area contributed by atoms with Crippen molar-refractivity contribution in [2.75, 3.05) is 26.5 Å². The summed E-state index contributed by atoms with van der Waals surface area (Å²) in [5.41, 5.74) is 0.802. The molecule has 40 heavy (non-hydrogen) atoms. The summed E-state index contributed by atoms with van der Waals surface area (Å²) in [5.74, 6) is 0.787. The van der Waals surface area contributed by atoms with E-state index < -0.39 is 20.0 Å². The Morgan fingerprint density at radius 1 is 1.02 bits per heavy atom. The molecule has 1 unspecified atom stereocenters. The van der Waals surface area contributed by atoms with Crippen LogP contribution in [0.4, 0.5) is 0 Å². The Morgan fingerprint density at radius 2 is 1.68 bits per heavy atom. The molecule has 1 saturated heterocycles. The van der Waals surface area contributed by atoms with E-state index in [0.717, 1.165) is 11.8 Å². The molecule has 1 aliphatic heterocycles. The Morgan fingerprint density at radius 3 is 2.30 bits per heavy atom. The van der Waals surface area contributed by atoms with E-state index >= 15 is 0 Å². The number of halogens is 3. The van der Waals surface area contributed by atoms with E-state index in [4.69, 9.17) is 37.4 Å². The van der Waals surface area contributed by atoms with Crippen LogP contribution in [0, 0.1) is 5.92 Å². The van der Waals surface area contributed by atoms with Crippen LogP contribution in [0.15, 0.2) is 68.4 Å². The Kier molecular flexibility index (Phi) is 9.69. The zero-order valence-electron chi connectivity index (χ0n) is 21.4. The molecule has 0 aromatic heterocycles. The minimum Gasteiger partial charge on any atom is -0.497 e. The summed E-state index contributed by atoms with van der Waals surface area (Å²) >= 11 is 15.9. The maximum Gasteiger partial charge on any atom is 0.249 e. The van der Waals surface area contributed by atoms with Gasteiger partial charge in [-0.3, -0.25) is 0 Å². The van der Waals surface area contributed by atoms with E-state index in [1.807, 2.05) is 12.1 Å². The highest BCUT2D eigenvalue weighted by atomic mass is 79.9. The standard InChI is InChI=1S/C26H25BrCl2N2O7S2/c1-36-20-5-3-17(4-6-20)16-37-24-8-7-21(38-26-22(28)11-19(27)12-23(26)29)13-25(24)40(34,35)31-10-9-18(15-31)14-30-39(2,32)33/h3-8,11-14,18H,9-10,15-16H2,1-2H3. The third kappa shape index (κ3) is 7.68. The maximum absolute atomic E-state index is 13.8. The molecule has 1 heterocycles. The lowest BCUT2D eigenvalue weighted by atomic mass is 10.1. The molecule has 4 rings (SSSR count). The molecule has 1 atom stereocenters. The zero-order valence-corrected chi connectivity index (χ0v) is 26.1. The van der Waals surface area contributed by atoms with Gasteiger partial charge in [0.05, 0.1) is 23.4 Å². The van der Waals surface area contributed by atoms with E-state index in [1.54, 1.807) is 37.4 Å². The number of methoxy groups -OCH3 is 1. The predicted octanol–water partition coefficient (Wildman–Crippen LogP) is 6.18. The number of rotatable bonds is 10. The molecule has 0 bridgehead atoms. The molecule has 0 amide bonds.